The van der Waals surface area contributed by atoms with E-state index in [1.165, 1.54) is 11.3 Å². The quantitative estimate of drug-likeness (QED) is 0.814. The average Bonchev–Trinajstić information content (AvgIpc) is 2.85. The molecule has 1 heterocycles. The van der Waals surface area contributed by atoms with E-state index in [1.807, 2.05) is 19.1 Å². The highest BCUT2D eigenvalue weighted by Gasteiger charge is 2.24. The van der Waals surface area contributed by atoms with Crippen molar-refractivity contribution in [2.75, 3.05) is 20.3 Å². The maximum Gasteiger partial charge on any atom is 0.242 e. The molecule has 0 aliphatic carbocycles. The first-order valence-electron chi connectivity index (χ1n) is 6.59. The van der Waals surface area contributed by atoms with E-state index in [0.717, 1.165) is 4.70 Å². The summed E-state index contributed by atoms with van der Waals surface area (Å²) in [4.78, 5) is 0.651. The lowest BCUT2D eigenvalue weighted by Gasteiger charge is -2.12. The molecule has 1 aromatic heterocycles. The predicted molar refractivity (Wildman–Crippen MR) is 84.0 cm³/mol. The van der Waals surface area contributed by atoms with Gasteiger partial charge in [0.1, 0.15) is 4.90 Å². The van der Waals surface area contributed by atoms with Crippen LogP contribution in [0, 0.1) is 5.92 Å². The summed E-state index contributed by atoms with van der Waals surface area (Å²) in [6.07, 6.45) is 0. The van der Waals surface area contributed by atoms with Crippen molar-refractivity contribution < 1.29 is 18.3 Å². The molecule has 0 spiro atoms. The van der Waals surface area contributed by atoms with Crippen molar-refractivity contribution in [1.29, 1.82) is 0 Å². The van der Waals surface area contributed by atoms with Gasteiger partial charge in [-0.25, -0.2) is 13.1 Å². The van der Waals surface area contributed by atoms with Gasteiger partial charge in [-0.15, -0.1) is 11.3 Å². The van der Waals surface area contributed by atoms with Gasteiger partial charge in [0.25, 0.3) is 0 Å². The Morgan fingerprint density at radius 1 is 1.38 bits per heavy atom. The molecule has 5 nitrogen and oxygen atoms in total. The van der Waals surface area contributed by atoms with E-state index in [2.05, 4.69) is 4.72 Å². The Bertz CT molecular complexity index is 709. The largest absolute Gasteiger partial charge is 0.391 e. The second-order valence-electron chi connectivity index (χ2n) is 4.92. The molecule has 1 unspecified atom stereocenters. The van der Waals surface area contributed by atoms with E-state index < -0.39 is 10.0 Å². The number of nitrogens with one attached hydrogen (secondary N) is 1. The van der Waals surface area contributed by atoms with E-state index in [9.17, 15) is 13.5 Å². The van der Waals surface area contributed by atoms with Crippen molar-refractivity contribution in [2.24, 2.45) is 5.92 Å². The third-order valence-corrected chi connectivity index (χ3v) is 5.94. The molecule has 0 saturated heterocycles. The minimum atomic E-state index is -3.65. The number of fused-ring (bicyclic) bond motifs is 1. The van der Waals surface area contributed by atoms with Gasteiger partial charge >= 0.3 is 0 Å². The van der Waals surface area contributed by atoms with E-state index in [1.54, 1.807) is 19.2 Å². The van der Waals surface area contributed by atoms with E-state index >= 15 is 0 Å². The summed E-state index contributed by atoms with van der Waals surface area (Å²) in [6.45, 7) is 2.40. The fourth-order valence-corrected chi connectivity index (χ4v) is 5.10. The standard InChI is InChI=1S/C14H19NO4S2/c1-10(9-19-2)7-15-21(17,18)14-11-5-3-4-6-12(11)20-13(14)8-16/h3-6,10,15-16H,7-9H2,1-2H3. The van der Waals surface area contributed by atoms with Gasteiger partial charge in [-0.1, -0.05) is 25.1 Å². The summed E-state index contributed by atoms with van der Waals surface area (Å²) in [5.41, 5.74) is 0. The monoisotopic (exact) mass is 329 g/mol. The van der Waals surface area contributed by atoms with Crippen molar-refractivity contribution in [3.63, 3.8) is 0 Å². The number of thiophene rings is 1. The Labute approximate surface area is 128 Å². The molecule has 7 heteroatoms. The highest BCUT2D eigenvalue weighted by molar-refractivity contribution is 7.90. The summed E-state index contributed by atoms with van der Waals surface area (Å²) in [6, 6.07) is 7.26. The van der Waals surface area contributed by atoms with Gasteiger partial charge < -0.3 is 9.84 Å². The topological polar surface area (TPSA) is 75.6 Å². The molecule has 1 atom stereocenters. The number of aliphatic hydroxyl groups excluding tert-OH is 1. The highest BCUT2D eigenvalue weighted by atomic mass is 32.2. The predicted octanol–water partition coefficient (Wildman–Crippen LogP) is 1.95. The van der Waals surface area contributed by atoms with Crippen molar-refractivity contribution in [1.82, 2.24) is 4.72 Å². The van der Waals surface area contributed by atoms with Crippen molar-refractivity contribution in [2.45, 2.75) is 18.4 Å². The number of sulfonamides is 1. The first-order chi connectivity index (χ1) is 9.99. The molecule has 0 amide bonds. The summed E-state index contributed by atoms with van der Waals surface area (Å²) >= 11 is 1.30. The van der Waals surface area contributed by atoms with Crippen molar-refractivity contribution in [3.05, 3.63) is 29.1 Å². The fourth-order valence-electron chi connectivity index (χ4n) is 2.14. The molecule has 0 fully saturated rings. The molecule has 0 radical (unpaired) electrons. The fraction of sp³-hybridized carbons (Fsp3) is 0.429. The maximum absolute atomic E-state index is 12.5. The minimum Gasteiger partial charge on any atom is -0.391 e. The Morgan fingerprint density at radius 3 is 2.76 bits per heavy atom. The molecule has 21 heavy (non-hydrogen) atoms. The molecule has 2 rings (SSSR count). The zero-order valence-corrected chi connectivity index (χ0v) is 13.6. The Hall–Kier alpha value is -0.990. The van der Waals surface area contributed by atoms with Gasteiger partial charge in [-0.2, -0.15) is 0 Å². The van der Waals surface area contributed by atoms with Crippen LogP contribution in [0.5, 0.6) is 0 Å². The van der Waals surface area contributed by atoms with E-state index in [4.69, 9.17) is 4.74 Å². The van der Waals surface area contributed by atoms with Crippen LogP contribution in [0.2, 0.25) is 0 Å². The summed E-state index contributed by atoms with van der Waals surface area (Å²) in [7, 11) is -2.07. The van der Waals surface area contributed by atoms with Crippen LogP contribution in [0.25, 0.3) is 10.1 Å². The summed E-state index contributed by atoms with van der Waals surface area (Å²) < 4.78 is 33.5. The number of rotatable bonds is 7. The number of aliphatic hydroxyl groups is 1. The normalized spacial score (nSPS) is 13.7. The zero-order valence-electron chi connectivity index (χ0n) is 12.0. The third kappa shape index (κ3) is 3.61. The SMILES string of the molecule is COCC(C)CNS(=O)(=O)c1c(CO)sc2ccccc12. The molecule has 0 aliphatic rings. The van der Waals surface area contributed by atoms with Crippen LogP contribution < -0.4 is 4.72 Å². The third-order valence-electron chi connectivity index (χ3n) is 3.10. The van der Waals surface area contributed by atoms with Gasteiger partial charge in [-0.05, 0) is 12.0 Å². The van der Waals surface area contributed by atoms with E-state index in [-0.39, 0.29) is 17.4 Å². The van der Waals surface area contributed by atoms with Gasteiger partial charge in [0.2, 0.25) is 10.0 Å². The second-order valence-corrected chi connectivity index (χ2v) is 7.76. The van der Waals surface area contributed by atoms with Crippen molar-refractivity contribution in [3.8, 4) is 0 Å². The summed E-state index contributed by atoms with van der Waals surface area (Å²) in [5, 5.41) is 10.1. The lowest BCUT2D eigenvalue weighted by Crippen LogP contribution is -2.30. The number of hydrogen-bond acceptors (Lipinski definition) is 5. The Kier molecular flexibility index (Phi) is 5.34. The van der Waals surface area contributed by atoms with Crippen LogP contribution >= 0.6 is 11.3 Å². The Morgan fingerprint density at radius 2 is 2.10 bits per heavy atom. The second kappa shape index (κ2) is 6.85. The first-order valence-corrected chi connectivity index (χ1v) is 8.89. The lowest BCUT2D eigenvalue weighted by atomic mass is 10.2. The number of methoxy groups -OCH3 is 1. The van der Waals surface area contributed by atoms with Crippen molar-refractivity contribution >= 4 is 31.4 Å². The molecule has 1 aromatic carbocycles. The molecule has 116 valence electrons. The van der Waals surface area contributed by atoms with Gasteiger partial charge in [0.15, 0.2) is 0 Å². The number of ether oxygens (including phenoxy) is 1. The van der Waals surface area contributed by atoms with Crippen LogP contribution in [-0.2, 0) is 21.4 Å². The first kappa shape index (κ1) is 16.4. The van der Waals surface area contributed by atoms with Gasteiger partial charge in [-0.3, -0.25) is 0 Å². The van der Waals surface area contributed by atoms with Crippen LogP contribution in [0.4, 0.5) is 0 Å². The van der Waals surface area contributed by atoms with Crippen LogP contribution in [-0.4, -0.2) is 33.8 Å². The molecule has 2 aromatic rings. The number of benzene rings is 1. The summed E-state index contributed by atoms with van der Waals surface area (Å²) in [5.74, 6) is 0.0762. The molecular weight excluding hydrogens is 310 g/mol. The Balaban J connectivity index is 2.35. The highest BCUT2D eigenvalue weighted by Crippen LogP contribution is 2.34. The van der Waals surface area contributed by atoms with Crippen LogP contribution in [0.3, 0.4) is 0 Å². The molecule has 2 N–H and O–H groups in total. The smallest absolute Gasteiger partial charge is 0.242 e. The lowest BCUT2D eigenvalue weighted by molar-refractivity contribution is 0.161. The zero-order chi connectivity index (χ0) is 15.5. The van der Waals surface area contributed by atoms with Crippen LogP contribution in [0.15, 0.2) is 29.2 Å². The van der Waals surface area contributed by atoms with Crippen LogP contribution in [0.1, 0.15) is 11.8 Å². The van der Waals surface area contributed by atoms with Gasteiger partial charge in [0, 0.05) is 30.3 Å². The van der Waals surface area contributed by atoms with E-state index in [0.29, 0.717) is 23.4 Å². The number of hydrogen-bond donors (Lipinski definition) is 2. The molecule has 0 saturated carbocycles. The molecule has 0 aliphatic heterocycles. The minimum absolute atomic E-state index is 0.0762. The molecule has 0 bridgehead atoms. The maximum atomic E-state index is 12.5. The van der Waals surface area contributed by atoms with Gasteiger partial charge in [0.05, 0.1) is 11.5 Å². The average molecular weight is 329 g/mol. The molecular formula is C14H19NO4S2.